The summed E-state index contributed by atoms with van der Waals surface area (Å²) in [5.74, 6) is 0.933. The maximum absolute atomic E-state index is 12.1. The van der Waals surface area contributed by atoms with E-state index in [4.69, 9.17) is 4.74 Å². The molecular weight excluding hydrogens is 282 g/mol. The zero-order valence-electron chi connectivity index (χ0n) is 12.7. The van der Waals surface area contributed by atoms with Crippen LogP contribution in [0.15, 0.2) is 40.8 Å². The Labute approximate surface area is 131 Å². The molecule has 0 saturated heterocycles. The van der Waals surface area contributed by atoms with Gasteiger partial charge in [-0.15, -0.1) is 11.8 Å². The summed E-state index contributed by atoms with van der Waals surface area (Å²) in [5, 5.41) is 2.95. The number of nitrogens with one attached hydrogen (secondary N) is 1. The maximum Gasteiger partial charge on any atom is 0.233 e. The van der Waals surface area contributed by atoms with E-state index < -0.39 is 0 Å². The Morgan fingerprint density at radius 2 is 2.10 bits per heavy atom. The SMILES string of the molecule is COc1ccc(S[C@@H](C)C(=O)NCC2=CCCCC2)cc1. The van der Waals surface area contributed by atoms with Gasteiger partial charge in [-0.1, -0.05) is 11.6 Å². The van der Waals surface area contributed by atoms with Crippen LogP contribution in [0.3, 0.4) is 0 Å². The van der Waals surface area contributed by atoms with Crippen LogP contribution in [0.1, 0.15) is 32.6 Å². The highest BCUT2D eigenvalue weighted by atomic mass is 32.2. The number of carbonyl (C=O) groups is 1. The molecule has 0 aliphatic heterocycles. The summed E-state index contributed by atoms with van der Waals surface area (Å²) in [7, 11) is 1.65. The summed E-state index contributed by atoms with van der Waals surface area (Å²) in [4.78, 5) is 13.2. The number of amides is 1. The standard InChI is InChI=1S/C17H23NO2S/c1-13(21-16-10-8-15(20-2)9-11-16)17(19)18-12-14-6-4-3-5-7-14/h6,8-11,13H,3-5,7,12H2,1-2H3,(H,18,19)/t13-/m0/s1. The lowest BCUT2D eigenvalue weighted by atomic mass is 10.00. The molecule has 3 nitrogen and oxygen atoms in total. The van der Waals surface area contributed by atoms with Gasteiger partial charge in [-0.05, 0) is 56.9 Å². The van der Waals surface area contributed by atoms with Crippen molar-refractivity contribution in [1.82, 2.24) is 5.32 Å². The van der Waals surface area contributed by atoms with Gasteiger partial charge < -0.3 is 10.1 Å². The lowest BCUT2D eigenvalue weighted by Gasteiger charge is -2.16. The number of rotatable bonds is 6. The van der Waals surface area contributed by atoms with E-state index in [1.165, 1.54) is 18.4 Å². The van der Waals surface area contributed by atoms with Gasteiger partial charge in [0.05, 0.1) is 12.4 Å². The third-order valence-electron chi connectivity index (χ3n) is 3.62. The Kier molecular flexibility index (Phi) is 6.18. The first-order valence-corrected chi connectivity index (χ1v) is 8.33. The number of methoxy groups -OCH3 is 1. The van der Waals surface area contributed by atoms with Crippen molar-refractivity contribution in [2.24, 2.45) is 0 Å². The van der Waals surface area contributed by atoms with Gasteiger partial charge in [-0.2, -0.15) is 0 Å². The topological polar surface area (TPSA) is 38.3 Å². The normalized spacial score (nSPS) is 16.0. The van der Waals surface area contributed by atoms with E-state index in [1.807, 2.05) is 31.2 Å². The molecule has 0 unspecified atom stereocenters. The van der Waals surface area contributed by atoms with Crippen LogP contribution in [0.2, 0.25) is 0 Å². The summed E-state index contributed by atoms with van der Waals surface area (Å²) in [6.45, 7) is 2.64. The van der Waals surface area contributed by atoms with E-state index in [0.717, 1.165) is 23.5 Å². The van der Waals surface area contributed by atoms with Crippen LogP contribution in [0.4, 0.5) is 0 Å². The van der Waals surface area contributed by atoms with Gasteiger partial charge in [0, 0.05) is 11.4 Å². The fourth-order valence-corrected chi connectivity index (χ4v) is 3.21. The first-order valence-electron chi connectivity index (χ1n) is 7.45. The molecule has 1 aromatic carbocycles. The number of hydrogen-bond donors (Lipinski definition) is 1. The van der Waals surface area contributed by atoms with Crippen molar-refractivity contribution in [3.05, 3.63) is 35.9 Å². The fourth-order valence-electron chi connectivity index (χ4n) is 2.32. The summed E-state index contributed by atoms with van der Waals surface area (Å²) < 4.78 is 5.13. The number of ether oxygens (including phenoxy) is 1. The smallest absolute Gasteiger partial charge is 0.233 e. The molecule has 0 bridgehead atoms. The number of thioether (sulfide) groups is 1. The molecule has 0 heterocycles. The van der Waals surface area contributed by atoms with Crippen LogP contribution >= 0.6 is 11.8 Å². The summed E-state index contributed by atoms with van der Waals surface area (Å²) in [6, 6.07) is 7.80. The van der Waals surface area contributed by atoms with Gasteiger partial charge >= 0.3 is 0 Å². The van der Waals surface area contributed by atoms with Crippen LogP contribution in [0.5, 0.6) is 5.75 Å². The van der Waals surface area contributed by atoms with Crippen molar-refractivity contribution >= 4 is 17.7 Å². The molecule has 21 heavy (non-hydrogen) atoms. The molecule has 1 aromatic rings. The Bertz CT molecular complexity index is 496. The molecule has 0 spiro atoms. The van der Waals surface area contributed by atoms with Gasteiger partial charge in [0.25, 0.3) is 0 Å². The van der Waals surface area contributed by atoms with Gasteiger partial charge in [0.1, 0.15) is 5.75 Å². The van der Waals surface area contributed by atoms with E-state index >= 15 is 0 Å². The van der Waals surface area contributed by atoms with Crippen LogP contribution in [-0.2, 0) is 4.79 Å². The Hall–Kier alpha value is -1.42. The summed E-state index contributed by atoms with van der Waals surface area (Å²) in [6.07, 6.45) is 7.08. The van der Waals surface area contributed by atoms with E-state index in [9.17, 15) is 4.79 Å². The third kappa shape index (κ3) is 5.12. The molecule has 0 fully saturated rings. The highest BCUT2D eigenvalue weighted by molar-refractivity contribution is 8.00. The van der Waals surface area contributed by atoms with Gasteiger partial charge in [0.2, 0.25) is 5.91 Å². The van der Waals surface area contributed by atoms with Crippen LogP contribution in [-0.4, -0.2) is 24.8 Å². The quantitative estimate of drug-likeness (QED) is 0.642. The first kappa shape index (κ1) is 16.0. The average Bonchev–Trinajstić information content (AvgIpc) is 2.54. The van der Waals surface area contributed by atoms with Crippen molar-refractivity contribution in [1.29, 1.82) is 0 Å². The number of carbonyl (C=O) groups excluding carboxylic acids is 1. The number of allylic oxidation sites excluding steroid dienone is 1. The Morgan fingerprint density at radius 3 is 2.71 bits per heavy atom. The second-order valence-electron chi connectivity index (χ2n) is 5.26. The molecular formula is C17H23NO2S. The lowest BCUT2D eigenvalue weighted by Crippen LogP contribution is -2.32. The maximum atomic E-state index is 12.1. The second kappa shape index (κ2) is 8.13. The molecule has 1 aliphatic rings. The van der Waals surface area contributed by atoms with Crippen molar-refractivity contribution in [3.63, 3.8) is 0 Å². The van der Waals surface area contributed by atoms with Crippen LogP contribution in [0.25, 0.3) is 0 Å². The van der Waals surface area contributed by atoms with E-state index in [2.05, 4.69) is 11.4 Å². The van der Waals surface area contributed by atoms with Gasteiger partial charge in [-0.25, -0.2) is 0 Å². The Balaban J connectivity index is 1.79. The van der Waals surface area contributed by atoms with Crippen LogP contribution < -0.4 is 10.1 Å². The second-order valence-corrected chi connectivity index (χ2v) is 6.68. The van der Waals surface area contributed by atoms with E-state index in [0.29, 0.717) is 6.54 Å². The zero-order valence-corrected chi connectivity index (χ0v) is 13.5. The minimum Gasteiger partial charge on any atom is -0.497 e. The molecule has 114 valence electrons. The molecule has 0 radical (unpaired) electrons. The largest absolute Gasteiger partial charge is 0.497 e. The highest BCUT2D eigenvalue weighted by Crippen LogP contribution is 2.25. The lowest BCUT2D eigenvalue weighted by molar-refractivity contribution is -0.120. The Morgan fingerprint density at radius 1 is 1.33 bits per heavy atom. The summed E-state index contributed by atoms with van der Waals surface area (Å²) >= 11 is 1.57. The molecule has 0 saturated carbocycles. The molecule has 0 aromatic heterocycles. The van der Waals surface area contributed by atoms with E-state index in [1.54, 1.807) is 18.9 Å². The highest BCUT2D eigenvalue weighted by Gasteiger charge is 2.15. The van der Waals surface area contributed by atoms with Crippen molar-refractivity contribution in [2.45, 2.75) is 42.8 Å². The third-order valence-corrected chi connectivity index (χ3v) is 4.73. The molecule has 1 aliphatic carbocycles. The fraction of sp³-hybridized carbons (Fsp3) is 0.471. The first-order chi connectivity index (χ1) is 10.2. The van der Waals surface area contributed by atoms with Gasteiger partial charge in [-0.3, -0.25) is 4.79 Å². The summed E-state index contributed by atoms with van der Waals surface area (Å²) in [5.41, 5.74) is 1.37. The average molecular weight is 305 g/mol. The molecule has 1 atom stereocenters. The zero-order chi connectivity index (χ0) is 15.1. The van der Waals surface area contributed by atoms with Gasteiger partial charge in [0.15, 0.2) is 0 Å². The predicted molar refractivity (Wildman–Crippen MR) is 87.9 cm³/mol. The van der Waals surface area contributed by atoms with Crippen LogP contribution in [0, 0.1) is 0 Å². The van der Waals surface area contributed by atoms with E-state index in [-0.39, 0.29) is 11.2 Å². The minimum atomic E-state index is -0.0948. The predicted octanol–water partition coefficient (Wildman–Crippen LogP) is 3.79. The minimum absolute atomic E-state index is 0.0948. The van der Waals surface area contributed by atoms with Crippen molar-refractivity contribution < 1.29 is 9.53 Å². The molecule has 4 heteroatoms. The molecule has 1 N–H and O–H groups in total. The van der Waals surface area contributed by atoms with Crippen molar-refractivity contribution in [3.8, 4) is 5.75 Å². The van der Waals surface area contributed by atoms with Crippen molar-refractivity contribution in [2.75, 3.05) is 13.7 Å². The number of hydrogen-bond acceptors (Lipinski definition) is 3. The molecule has 1 amide bonds. The molecule has 2 rings (SSSR count). The monoisotopic (exact) mass is 305 g/mol. The number of benzene rings is 1.